The number of hydrogen-bond acceptors (Lipinski definition) is 5. The molecule has 4 rings (SSSR count). The summed E-state index contributed by atoms with van der Waals surface area (Å²) in [5.74, 6) is -0.630. The molecule has 1 aromatic heterocycles. The van der Waals surface area contributed by atoms with Crippen molar-refractivity contribution in [2.75, 3.05) is 13.1 Å². The summed E-state index contributed by atoms with van der Waals surface area (Å²) in [6, 6.07) is 7.09. The summed E-state index contributed by atoms with van der Waals surface area (Å²) in [4.78, 5) is 43.7. The Kier molecular flexibility index (Phi) is 5.45. The Morgan fingerprint density at radius 3 is 2.68 bits per heavy atom. The van der Waals surface area contributed by atoms with E-state index in [4.69, 9.17) is 9.72 Å². The number of fused-ring (bicyclic) bond motifs is 2. The van der Waals surface area contributed by atoms with Gasteiger partial charge in [0.1, 0.15) is 0 Å². The highest BCUT2D eigenvalue weighted by molar-refractivity contribution is 6.06. The molecule has 7 heteroatoms. The van der Waals surface area contributed by atoms with Crippen molar-refractivity contribution in [3.8, 4) is 0 Å². The van der Waals surface area contributed by atoms with Gasteiger partial charge in [-0.15, -0.1) is 0 Å². The molecule has 0 saturated carbocycles. The first-order valence-electron chi connectivity index (χ1n) is 10.9. The van der Waals surface area contributed by atoms with E-state index in [1.807, 2.05) is 24.3 Å². The lowest BCUT2D eigenvalue weighted by molar-refractivity contribution is -0.136. The van der Waals surface area contributed by atoms with Crippen LogP contribution in [0.4, 0.5) is 4.79 Å². The zero-order valence-corrected chi connectivity index (χ0v) is 18.5. The molecule has 0 bridgehead atoms. The summed E-state index contributed by atoms with van der Waals surface area (Å²) in [6.07, 6.45) is 1.53. The van der Waals surface area contributed by atoms with Crippen molar-refractivity contribution < 1.29 is 19.1 Å². The van der Waals surface area contributed by atoms with E-state index in [-0.39, 0.29) is 12.0 Å². The summed E-state index contributed by atoms with van der Waals surface area (Å²) in [5.41, 5.74) is 3.22. The molecule has 0 radical (unpaired) electrons. The largest absolute Gasteiger partial charge is 0.449 e. The van der Waals surface area contributed by atoms with E-state index in [0.29, 0.717) is 18.0 Å². The van der Waals surface area contributed by atoms with Crippen molar-refractivity contribution in [2.45, 2.75) is 53.1 Å². The highest BCUT2D eigenvalue weighted by atomic mass is 16.5. The average molecular weight is 424 g/mol. The molecular formula is C24H29N3O4. The Labute approximate surface area is 182 Å². The molecule has 0 spiro atoms. The van der Waals surface area contributed by atoms with Crippen LogP contribution in [0.3, 0.4) is 0 Å². The fourth-order valence-corrected chi connectivity index (χ4v) is 4.53. The Hall–Kier alpha value is -2.96. The second-order valence-corrected chi connectivity index (χ2v) is 9.50. The quantitative estimate of drug-likeness (QED) is 0.764. The number of amides is 3. The molecule has 7 nitrogen and oxygen atoms in total. The fourth-order valence-electron chi connectivity index (χ4n) is 4.53. The maximum Gasteiger partial charge on any atom is 0.339 e. The minimum Gasteiger partial charge on any atom is -0.449 e. The van der Waals surface area contributed by atoms with Crippen molar-refractivity contribution in [1.29, 1.82) is 0 Å². The second kappa shape index (κ2) is 7.94. The van der Waals surface area contributed by atoms with Gasteiger partial charge in [-0.3, -0.25) is 14.7 Å². The molecular weight excluding hydrogens is 394 g/mol. The predicted molar refractivity (Wildman–Crippen MR) is 117 cm³/mol. The number of hydrogen-bond donors (Lipinski definition) is 1. The van der Waals surface area contributed by atoms with Gasteiger partial charge in [0.15, 0.2) is 6.10 Å². The molecule has 2 aliphatic rings. The van der Waals surface area contributed by atoms with E-state index in [2.05, 4.69) is 26.1 Å². The number of esters is 1. The van der Waals surface area contributed by atoms with Crippen LogP contribution in [0.5, 0.6) is 0 Å². The molecule has 2 heterocycles. The normalized spacial score (nSPS) is 19.7. The molecule has 2 atom stereocenters. The molecule has 1 aromatic carbocycles. The van der Waals surface area contributed by atoms with Gasteiger partial charge in [0.05, 0.1) is 11.1 Å². The third kappa shape index (κ3) is 4.01. The number of nitrogens with one attached hydrogen (secondary N) is 1. The van der Waals surface area contributed by atoms with Crippen molar-refractivity contribution in [2.24, 2.45) is 11.3 Å². The predicted octanol–water partition coefficient (Wildman–Crippen LogP) is 3.48. The first-order valence-corrected chi connectivity index (χ1v) is 10.9. The van der Waals surface area contributed by atoms with Gasteiger partial charge in [-0.1, -0.05) is 39.0 Å². The van der Waals surface area contributed by atoms with Crippen LogP contribution in [0.1, 0.15) is 55.7 Å². The Bertz CT molecular complexity index is 1060. The molecule has 3 amide bonds. The van der Waals surface area contributed by atoms with Gasteiger partial charge in [0.2, 0.25) is 0 Å². The van der Waals surface area contributed by atoms with Crippen LogP contribution in [0.15, 0.2) is 24.3 Å². The van der Waals surface area contributed by atoms with Gasteiger partial charge >= 0.3 is 12.0 Å². The zero-order chi connectivity index (χ0) is 22.3. The van der Waals surface area contributed by atoms with Crippen LogP contribution in [-0.4, -0.2) is 47.0 Å². The highest BCUT2D eigenvalue weighted by Crippen LogP contribution is 2.39. The number of carbonyl (C=O) groups is 3. The number of ether oxygens (including phenoxy) is 1. The molecule has 31 heavy (non-hydrogen) atoms. The van der Waals surface area contributed by atoms with Gasteiger partial charge in [0, 0.05) is 24.2 Å². The molecule has 2 aromatic rings. The van der Waals surface area contributed by atoms with Crippen LogP contribution in [0, 0.1) is 11.3 Å². The first kappa shape index (κ1) is 21.3. The topological polar surface area (TPSA) is 88.6 Å². The lowest BCUT2D eigenvalue weighted by Gasteiger charge is -2.35. The van der Waals surface area contributed by atoms with Crippen molar-refractivity contribution in [1.82, 2.24) is 15.2 Å². The molecule has 1 aliphatic heterocycles. The lowest BCUT2D eigenvalue weighted by Crippen LogP contribution is -2.42. The Morgan fingerprint density at radius 1 is 1.26 bits per heavy atom. The number of aromatic nitrogens is 1. The summed E-state index contributed by atoms with van der Waals surface area (Å²) in [7, 11) is 0. The maximum absolute atomic E-state index is 13.4. The summed E-state index contributed by atoms with van der Waals surface area (Å²) >= 11 is 0. The number of pyridine rings is 1. The number of imide groups is 1. The third-order valence-electron chi connectivity index (χ3n) is 6.44. The monoisotopic (exact) mass is 423 g/mol. The van der Waals surface area contributed by atoms with Crippen molar-refractivity contribution in [3.05, 3.63) is 41.1 Å². The van der Waals surface area contributed by atoms with E-state index in [0.717, 1.165) is 46.3 Å². The third-order valence-corrected chi connectivity index (χ3v) is 6.44. The minimum atomic E-state index is -1.05. The first-order chi connectivity index (χ1) is 14.7. The Balaban J connectivity index is 1.69. The van der Waals surface area contributed by atoms with Crippen LogP contribution >= 0.6 is 0 Å². The second-order valence-electron chi connectivity index (χ2n) is 9.50. The number of nitrogens with zero attached hydrogens (tertiary/aromatic N) is 2. The van der Waals surface area contributed by atoms with E-state index >= 15 is 0 Å². The summed E-state index contributed by atoms with van der Waals surface area (Å²) in [5, 5.41) is 3.33. The van der Waals surface area contributed by atoms with Crippen molar-refractivity contribution in [3.63, 3.8) is 0 Å². The number of rotatable bonds is 3. The highest BCUT2D eigenvalue weighted by Gasteiger charge is 2.35. The molecule has 1 saturated heterocycles. The van der Waals surface area contributed by atoms with Gasteiger partial charge < -0.3 is 10.1 Å². The standard InChI is InChI=1S/C24H29N3O4/c1-14(21(28)27-12-11-25-23(27)30)31-22(29)20-16-7-5-6-8-18(16)26-19-10-9-15(13-17(19)20)24(2,3)4/h5-8,14-15H,9-13H2,1-4H3,(H,25,30)/t14-,15+/m1/s1. The smallest absolute Gasteiger partial charge is 0.339 e. The van der Waals surface area contributed by atoms with Crippen LogP contribution in [-0.2, 0) is 22.4 Å². The number of benzene rings is 1. The number of para-hydroxylation sites is 1. The van der Waals surface area contributed by atoms with Gasteiger partial charge in [-0.25, -0.2) is 9.59 Å². The summed E-state index contributed by atoms with van der Waals surface area (Å²) < 4.78 is 5.62. The van der Waals surface area contributed by atoms with Crippen LogP contribution in [0.2, 0.25) is 0 Å². The van der Waals surface area contributed by atoms with Crippen LogP contribution < -0.4 is 5.32 Å². The maximum atomic E-state index is 13.4. The van der Waals surface area contributed by atoms with Gasteiger partial charge in [-0.2, -0.15) is 0 Å². The lowest BCUT2D eigenvalue weighted by atomic mass is 9.70. The fraction of sp³-hybridized carbons (Fsp3) is 0.500. The Morgan fingerprint density at radius 2 is 2.00 bits per heavy atom. The van der Waals surface area contributed by atoms with Crippen LogP contribution in [0.25, 0.3) is 10.9 Å². The molecule has 164 valence electrons. The van der Waals surface area contributed by atoms with Gasteiger partial charge in [0.25, 0.3) is 5.91 Å². The minimum absolute atomic E-state index is 0.108. The molecule has 1 aliphatic carbocycles. The number of aryl methyl sites for hydroxylation is 1. The number of urea groups is 1. The van der Waals surface area contributed by atoms with E-state index in [9.17, 15) is 14.4 Å². The van der Waals surface area contributed by atoms with E-state index in [1.54, 1.807) is 0 Å². The number of carbonyl (C=O) groups excluding carboxylic acids is 3. The average Bonchev–Trinajstić information content (AvgIpc) is 3.15. The zero-order valence-electron chi connectivity index (χ0n) is 18.5. The summed E-state index contributed by atoms with van der Waals surface area (Å²) in [6.45, 7) is 8.85. The molecule has 1 N–H and O–H groups in total. The SMILES string of the molecule is C[C@@H](OC(=O)c1c2c(nc3ccccc13)CC[C@H](C(C)(C)C)C2)C(=O)N1CCNC1=O. The van der Waals surface area contributed by atoms with Gasteiger partial charge in [-0.05, 0) is 49.1 Å². The van der Waals surface area contributed by atoms with E-state index < -0.39 is 24.0 Å². The molecule has 0 unspecified atom stereocenters. The van der Waals surface area contributed by atoms with Crippen molar-refractivity contribution >= 4 is 28.8 Å². The molecule has 1 fully saturated rings. The van der Waals surface area contributed by atoms with E-state index in [1.165, 1.54) is 6.92 Å².